The smallest absolute Gasteiger partial charge is 0.258 e. The van der Waals surface area contributed by atoms with E-state index in [0.717, 1.165) is 6.07 Å². The lowest BCUT2D eigenvalue weighted by molar-refractivity contribution is -0.386. The molecular weight excluding hydrogens is 293 g/mol. The Labute approximate surface area is 95.6 Å². The van der Waals surface area contributed by atoms with Crippen molar-refractivity contribution in [3.63, 3.8) is 0 Å². The van der Waals surface area contributed by atoms with Gasteiger partial charge in [-0.2, -0.15) is 18.4 Å². The zero-order valence-corrected chi connectivity index (χ0v) is 8.96. The van der Waals surface area contributed by atoms with E-state index >= 15 is 0 Å². The van der Waals surface area contributed by atoms with Crippen LogP contribution in [0.3, 0.4) is 0 Å². The molecule has 0 spiro atoms. The van der Waals surface area contributed by atoms with Gasteiger partial charge in [0, 0.05) is 0 Å². The van der Waals surface area contributed by atoms with Gasteiger partial charge in [0.2, 0.25) is 0 Å². The summed E-state index contributed by atoms with van der Waals surface area (Å²) in [5.41, 5.74) is -3.19. The molecule has 4 nitrogen and oxygen atoms in total. The third kappa shape index (κ3) is 2.14. The first-order valence-corrected chi connectivity index (χ1v) is 4.52. The van der Waals surface area contributed by atoms with Crippen LogP contribution in [0, 0.1) is 21.4 Å². The number of halogens is 4. The highest BCUT2D eigenvalue weighted by Crippen LogP contribution is 2.38. The third-order valence-electron chi connectivity index (χ3n) is 1.73. The van der Waals surface area contributed by atoms with Crippen LogP contribution in [0.25, 0.3) is 0 Å². The Balaban J connectivity index is 3.64. The first kappa shape index (κ1) is 12.4. The molecule has 16 heavy (non-hydrogen) atoms. The molecule has 0 fully saturated rings. The van der Waals surface area contributed by atoms with Crippen molar-refractivity contribution in [2.24, 2.45) is 0 Å². The van der Waals surface area contributed by atoms with Gasteiger partial charge in [-0.15, -0.1) is 0 Å². The fourth-order valence-corrected chi connectivity index (χ4v) is 1.57. The molecule has 0 amide bonds. The summed E-state index contributed by atoms with van der Waals surface area (Å²) in [5, 5.41) is 19.1. The molecule has 8 heteroatoms. The number of nitrogens with zero attached hydrogens (tertiary/aromatic N) is 2. The molecule has 0 saturated heterocycles. The van der Waals surface area contributed by atoms with E-state index in [4.69, 9.17) is 5.26 Å². The summed E-state index contributed by atoms with van der Waals surface area (Å²) in [6, 6.07) is 2.71. The number of nitro groups is 1. The molecule has 0 unspecified atom stereocenters. The van der Waals surface area contributed by atoms with Crippen LogP contribution in [0.1, 0.15) is 11.1 Å². The van der Waals surface area contributed by atoms with Crippen LogP contribution in [0.15, 0.2) is 16.6 Å². The third-order valence-corrected chi connectivity index (χ3v) is 2.37. The predicted molar refractivity (Wildman–Crippen MR) is 50.5 cm³/mol. The van der Waals surface area contributed by atoms with Crippen LogP contribution in [0.4, 0.5) is 18.9 Å². The van der Waals surface area contributed by atoms with Crippen LogP contribution >= 0.6 is 15.9 Å². The highest BCUT2D eigenvalue weighted by atomic mass is 79.9. The molecule has 1 rings (SSSR count). The summed E-state index contributed by atoms with van der Waals surface area (Å²) < 4.78 is 37.1. The topological polar surface area (TPSA) is 66.9 Å². The van der Waals surface area contributed by atoms with E-state index < -0.39 is 27.9 Å². The van der Waals surface area contributed by atoms with Crippen LogP contribution in [0.5, 0.6) is 0 Å². The lowest BCUT2D eigenvalue weighted by Gasteiger charge is -2.08. The van der Waals surface area contributed by atoms with Gasteiger partial charge in [0.25, 0.3) is 0 Å². The summed E-state index contributed by atoms with van der Waals surface area (Å²) >= 11 is 2.73. The molecule has 0 saturated carbocycles. The zero-order chi connectivity index (χ0) is 12.5. The number of benzene rings is 1. The van der Waals surface area contributed by atoms with Crippen LogP contribution in [-0.2, 0) is 6.18 Å². The molecule has 0 atom stereocenters. The Morgan fingerprint density at radius 3 is 2.38 bits per heavy atom. The van der Waals surface area contributed by atoms with E-state index in [2.05, 4.69) is 15.9 Å². The lowest BCUT2D eigenvalue weighted by Crippen LogP contribution is -2.09. The summed E-state index contributed by atoms with van der Waals surface area (Å²) in [5.74, 6) is 0. The van der Waals surface area contributed by atoms with Crippen LogP contribution in [0.2, 0.25) is 0 Å². The van der Waals surface area contributed by atoms with Crippen molar-refractivity contribution < 1.29 is 18.1 Å². The molecule has 0 N–H and O–H groups in total. The van der Waals surface area contributed by atoms with Gasteiger partial charge in [0.05, 0.1) is 15.0 Å². The predicted octanol–water partition coefficient (Wildman–Crippen LogP) is 3.25. The largest absolute Gasteiger partial charge is 0.417 e. The van der Waals surface area contributed by atoms with Gasteiger partial charge in [-0.1, -0.05) is 0 Å². The van der Waals surface area contributed by atoms with Crippen molar-refractivity contribution >= 4 is 21.6 Å². The summed E-state index contributed by atoms with van der Waals surface area (Å²) in [4.78, 5) is 9.51. The van der Waals surface area contributed by atoms with Gasteiger partial charge < -0.3 is 0 Å². The number of nitriles is 1. The van der Waals surface area contributed by atoms with Crippen molar-refractivity contribution in [3.05, 3.63) is 37.8 Å². The fraction of sp³-hybridized carbons (Fsp3) is 0.125. The van der Waals surface area contributed by atoms with Gasteiger partial charge in [0.15, 0.2) is 0 Å². The molecule has 0 heterocycles. The molecule has 0 aliphatic rings. The van der Waals surface area contributed by atoms with Crippen molar-refractivity contribution in [3.8, 4) is 6.07 Å². The van der Waals surface area contributed by atoms with Crippen LogP contribution in [-0.4, -0.2) is 4.92 Å². The van der Waals surface area contributed by atoms with Gasteiger partial charge in [-0.25, -0.2) is 0 Å². The summed E-state index contributed by atoms with van der Waals surface area (Å²) in [6.45, 7) is 0. The Kier molecular flexibility index (Phi) is 3.19. The highest BCUT2D eigenvalue weighted by molar-refractivity contribution is 9.10. The van der Waals surface area contributed by atoms with Gasteiger partial charge in [-0.3, -0.25) is 10.1 Å². The summed E-state index contributed by atoms with van der Waals surface area (Å²) in [6.07, 6.45) is -4.80. The van der Waals surface area contributed by atoms with Crippen LogP contribution < -0.4 is 0 Å². The Hall–Kier alpha value is -1.62. The molecule has 84 valence electrons. The molecule has 0 aliphatic heterocycles. The minimum absolute atomic E-state index is 0.165. The highest BCUT2D eigenvalue weighted by Gasteiger charge is 2.37. The molecular formula is C8H2BrF3N2O2. The second-order valence-corrected chi connectivity index (χ2v) is 3.54. The first-order chi connectivity index (χ1) is 7.29. The van der Waals surface area contributed by atoms with E-state index in [0.29, 0.717) is 6.07 Å². The number of alkyl halides is 3. The number of hydrogen-bond acceptors (Lipinski definition) is 3. The Bertz CT molecular complexity index is 493. The molecule has 0 bridgehead atoms. The first-order valence-electron chi connectivity index (χ1n) is 3.73. The van der Waals surface area contributed by atoms with E-state index in [1.807, 2.05) is 0 Å². The molecule has 1 aromatic carbocycles. The van der Waals surface area contributed by atoms with E-state index in [1.165, 1.54) is 6.07 Å². The maximum Gasteiger partial charge on any atom is 0.417 e. The molecule has 0 aromatic heterocycles. The minimum Gasteiger partial charge on any atom is -0.258 e. The number of rotatable bonds is 1. The van der Waals surface area contributed by atoms with Gasteiger partial charge in [-0.05, 0) is 28.1 Å². The SMILES string of the molecule is N#Cc1c(C(F)(F)F)ccc(Br)c1[N+](=O)[O-]. The van der Waals surface area contributed by atoms with E-state index in [9.17, 15) is 23.3 Å². The van der Waals surface area contributed by atoms with Gasteiger partial charge in [0.1, 0.15) is 11.6 Å². The van der Waals surface area contributed by atoms with Crippen molar-refractivity contribution in [1.29, 1.82) is 5.26 Å². The molecule has 0 aliphatic carbocycles. The summed E-state index contributed by atoms with van der Waals surface area (Å²) in [7, 11) is 0. The van der Waals surface area contributed by atoms with Crippen molar-refractivity contribution in [1.82, 2.24) is 0 Å². The van der Waals surface area contributed by atoms with Crippen molar-refractivity contribution in [2.75, 3.05) is 0 Å². The quantitative estimate of drug-likeness (QED) is 0.590. The van der Waals surface area contributed by atoms with E-state index in [1.54, 1.807) is 0 Å². The normalized spacial score (nSPS) is 10.9. The maximum atomic E-state index is 12.4. The number of hydrogen-bond donors (Lipinski definition) is 0. The second kappa shape index (κ2) is 4.09. The average molecular weight is 295 g/mol. The average Bonchev–Trinajstić information content (AvgIpc) is 2.14. The minimum atomic E-state index is -4.80. The molecule has 0 radical (unpaired) electrons. The standard InChI is InChI=1S/C8H2BrF3N2O2/c9-6-2-1-5(8(10,11)12)4(3-13)7(6)14(15)16/h1-2H. The monoisotopic (exact) mass is 294 g/mol. The lowest BCUT2D eigenvalue weighted by atomic mass is 10.1. The van der Waals surface area contributed by atoms with Gasteiger partial charge >= 0.3 is 11.9 Å². The second-order valence-electron chi connectivity index (χ2n) is 2.69. The molecule has 1 aromatic rings. The Morgan fingerprint density at radius 2 is 2.00 bits per heavy atom. The fourth-order valence-electron chi connectivity index (χ4n) is 1.09. The Morgan fingerprint density at radius 1 is 1.44 bits per heavy atom. The maximum absolute atomic E-state index is 12.4. The van der Waals surface area contributed by atoms with Crippen molar-refractivity contribution in [2.45, 2.75) is 6.18 Å². The number of nitro benzene ring substituents is 1. The zero-order valence-electron chi connectivity index (χ0n) is 7.38. The van der Waals surface area contributed by atoms with E-state index in [-0.39, 0.29) is 4.47 Å².